The maximum Gasteiger partial charge on any atom is 0.146 e. The molecule has 2 heterocycles. The highest BCUT2D eigenvalue weighted by Gasteiger charge is 2.15. The number of nitrogens with zero attached hydrogens (tertiary/aromatic N) is 4. The molecule has 2 rings (SSSR count). The molecule has 0 saturated carbocycles. The monoisotopic (exact) mass is 244 g/mol. The SMILES string of the molecule is CC(C)Cc1nc(C#N)cc(N2CCCCC2)n1. The zero-order valence-corrected chi connectivity index (χ0v) is 11.2. The molecule has 1 aliphatic rings. The van der Waals surface area contributed by atoms with Gasteiger partial charge in [0, 0.05) is 25.6 Å². The predicted molar refractivity (Wildman–Crippen MR) is 71.4 cm³/mol. The fraction of sp³-hybridized carbons (Fsp3) is 0.643. The summed E-state index contributed by atoms with van der Waals surface area (Å²) in [5.41, 5.74) is 0.487. The standard InChI is InChI=1S/C14H20N4/c1-11(2)8-13-16-12(10-15)9-14(17-13)18-6-4-3-5-7-18/h9,11H,3-8H2,1-2H3. The normalized spacial score (nSPS) is 15.8. The third kappa shape index (κ3) is 3.19. The summed E-state index contributed by atoms with van der Waals surface area (Å²) >= 11 is 0. The van der Waals surface area contributed by atoms with Gasteiger partial charge in [-0.05, 0) is 25.2 Å². The summed E-state index contributed by atoms with van der Waals surface area (Å²) in [5, 5.41) is 9.06. The molecule has 0 atom stereocenters. The summed E-state index contributed by atoms with van der Waals surface area (Å²) in [4.78, 5) is 11.2. The van der Waals surface area contributed by atoms with Crippen LogP contribution in [0.3, 0.4) is 0 Å². The Morgan fingerprint density at radius 2 is 2.00 bits per heavy atom. The van der Waals surface area contributed by atoms with E-state index in [0.717, 1.165) is 31.2 Å². The summed E-state index contributed by atoms with van der Waals surface area (Å²) in [6, 6.07) is 3.96. The van der Waals surface area contributed by atoms with Crippen LogP contribution in [0.25, 0.3) is 0 Å². The molecule has 96 valence electrons. The maximum atomic E-state index is 9.06. The van der Waals surface area contributed by atoms with Crippen molar-refractivity contribution in [3.63, 3.8) is 0 Å². The molecule has 1 aromatic heterocycles. The molecule has 18 heavy (non-hydrogen) atoms. The van der Waals surface area contributed by atoms with Crippen molar-refractivity contribution < 1.29 is 0 Å². The average Bonchev–Trinajstić information content (AvgIpc) is 2.38. The van der Waals surface area contributed by atoms with Crippen LogP contribution in [0.5, 0.6) is 0 Å². The molecule has 0 spiro atoms. The number of anilines is 1. The first-order valence-electron chi connectivity index (χ1n) is 6.72. The van der Waals surface area contributed by atoms with Crippen LogP contribution in [-0.2, 0) is 6.42 Å². The zero-order chi connectivity index (χ0) is 13.0. The minimum absolute atomic E-state index is 0.487. The predicted octanol–water partition coefficient (Wildman–Crippen LogP) is 2.54. The van der Waals surface area contributed by atoms with Gasteiger partial charge in [0.25, 0.3) is 0 Å². The van der Waals surface area contributed by atoms with E-state index in [1.165, 1.54) is 19.3 Å². The Labute approximate surface area is 109 Å². The Bertz CT molecular complexity index is 442. The van der Waals surface area contributed by atoms with Crippen LogP contribution in [-0.4, -0.2) is 23.1 Å². The third-order valence-electron chi connectivity index (χ3n) is 3.14. The van der Waals surface area contributed by atoms with E-state index in [-0.39, 0.29) is 0 Å². The van der Waals surface area contributed by atoms with Gasteiger partial charge >= 0.3 is 0 Å². The first-order chi connectivity index (χ1) is 8.69. The lowest BCUT2D eigenvalue weighted by Gasteiger charge is -2.28. The average molecular weight is 244 g/mol. The zero-order valence-electron chi connectivity index (χ0n) is 11.2. The van der Waals surface area contributed by atoms with Crippen LogP contribution >= 0.6 is 0 Å². The fourth-order valence-electron chi connectivity index (χ4n) is 2.28. The quantitative estimate of drug-likeness (QED) is 0.820. The van der Waals surface area contributed by atoms with E-state index < -0.39 is 0 Å². The Morgan fingerprint density at radius 3 is 2.61 bits per heavy atom. The van der Waals surface area contributed by atoms with Crippen LogP contribution < -0.4 is 4.90 Å². The molecule has 1 aliphatic heterocycles. The molecular formula is C14H20N4. The molecule has 0 unspecified atom stereocenters. The van der Waals surface area contributed by atoms with Crippen molar-refractivity contribution in [2.75, 3.05) is 18.0 Å². The van der Waals surface area contributed by atoms with E-state index in [4.69, 9.17) is 5.26 Å². The highest BCUT2D eigenvalue weighted by molar-refractivity contribution is 5.43. The van der Waals surface area contributed by atoms with Gasteiger partial charge in [0.1, 0.15) is 23.4 Å². The summed E-state index contributed by atoms with van der Waals surface area (Å²) in [6.45, 7) is 6.37. The second kappa shape index (κ2) is 5.81. The van der Waals surface area contributed by atoms with E-state index in [1.54, 1.807) is 0 Å². The first-order valence-corrected chi connectivity index (χ1v) is 6.72. The van der Waals surface area contributed by atoms with E-state index in [0.29, 0.717) is 11.6 Å². The van der Waals surface area contributed by atoms with Crippen molar-refractivity contribution >= 4 is 5.82 Å². The molecular weight excluding hydrogens is 224 g/mol. The Morgan fingerprint density at radius 1 is 1.28 bits per heavy atom. The molecule has 4 heteroatoms. The molecule has 0 amide bonds. The van der Waals surface area contributed by atoms with Crippen molar-refractivity contribution in [2.24, 2.45) is 5.92 Å². The summed E-state index contributed by atoms with van der Waals surface area (Å²) in [6.07, 6.45) is 4.55. The van der Waals surface area contributed by atoms with Crippen LogP contribution in [0.4, 0.5) is 5.82 Å². The van der Waals surface area contributed by atoms with Gasteiger partial charge in [0.2, 0.25) is 0 Å². The van der Waals surface area contributed by atoms with Gasteiger partial charge in [-0.2, -0.15) is 5.26 Å². The number of hydrogen-bond acceptors (Lipinski definition) is 4. The van der Waals surface area contributed by atoms with Crippen molar-refractivity contribution in [3.05, 3.63) is 17.6 Å². The minimum atomic E-state index is 0.487. The minimum Gasteiger partial charge on any atom is -0.356 e. The molecule has 4 nitrogen and oxygen atoms in total. The van der Waals surface area contributed by atoms with E-state index in [1.807, 2.05) is 6.07 Å². The number of aromatic nitrogens is 2. The van der Waals surface area contributed by atoms with Gasteiger partial charge in [-0.25, -0.2) is 9.97 Å². The van der Waals surface area contributed by atoms with E-state index >= 15 is 0 Å². The largest absolute Gasteiger partial charge is 0.356 e. The van der Waals surface area contributed by atoms with Crippen molar-refractivity contribution in [2.45, 2.75) is 39.5 Å². The number of nitriles is 1. The lowest BCUT2D eigenvalue weighted by molar-refractivity contribution is 0.568. The number of rotatable bonds is 3. The molecule has 0 N–H and O–H groups in total. The van der Waals surface area contributed by atoms with Crippen molar-refractivity contribution in [1.29, 1.82) is 5.26 Å². The number of hydrogen-bond donors (Lipinski definition) is 0. The van der Waals surface area contributed by atoms with Gasteiger partial charge in [-0.15, -0.1) is 0 Å². The fourth-order valence-corrected chi connectivity index (χ4v) is 2.28. The molecule has 1 saturated heterocycles. The maximum absolute atomic E-state index is 9.06. The van der Waals surface area contributed by atoms with Gasteiger partial charge < -0.3 is 4.90 Å². The van der Waals surface area contributed by atoms with Crippen LogP contribution in [0.2, 0.25) is 0 Å². The molecule has 0 aliphatic carbocycles. The Balaban J connectivity index is 2.25. The summed E-state index contributed by atoms with van der Waals surface area (Å²) in [5.74, 6) is 2.23. The van der Waals surface area contributed by atoms with Crippen molar-refractivity contribution in [3.8, 4) is 6.07 Å². The van der Waals surface area contributed by atoms with E-state index in [2.05, 4.69) is 34.8 Å². The highest BCUT2D eigenvalue weighted by Crippen LogP contribution is 2.19. The third-order valence-corrected chi connectivity index (χ3v) is 3.14. The summed E-state index contributed by atoms with van der Waals surface area (Å²) in [7, 11) is 0. The number of piperidine rings is 1. The van der Waals surface area contributed by atoms with Gasteiger partial charge in [-0.3, -0.25) is 0 Å². The summed E-state index contributed by atoms with van der Waals surface area (Å²) < 4.78 is 0. The molecule has 0 radical (unpaired) electrons. The van der Waals surface area contributed by atoms with Crippen LogP contribution in [0, 0.1) is 17.2 Å². The van der Waals surface area contributed by atoms with Gasteiger partial charge in [0.15, 0.2) is 0 Å². The lowest BCUT2D eigenvalue weighted by Crippen LogP contribution is -2.30. The van der Waals surface area contributed by atoms with E-state index in [9.17, 15) is 0 Å². The first kappa shape index (κ1) is 12.8. The van der Waals surface area contributed by atoms with Crippen LogP contribution in [0.1, 0.15) is 44.6 Å². The molecule has 0 bridgehead atoms. The topological polar surface area (TPSA) is 52.8 Å². The van der Waals surface area contributed by atoms with Gasteiger partial charge in [0.05, 0.1) is 0 Å². The highest BCUT2D eigenvalue weighted by atomic mass is 15.2. The van der Waals surface area contributed by atoms with Crippen LogP contribution in [0.15, 0.2) is 6.07 Å². The molecule has 1 aromatic rings. The Hall–Kier alpha value is -1.63. The molecule has 0 aromatic carbocycles. The second-order valence-electron chi connectivity index (χ2n) is 5.29. The lowest BCUT2D eigenvalue weighted by atomic mass is 10.1. The smallest absolute Gasteiger partial charge is 0.146 e. The molecule has 1 fully saturated rings. The van der Waals surface area contributed by atoms with Gasteiger partial charge in [-0.1, -0.05) is 13.8 Å². The Kier molecular flexibility index (Phi) is 4.14. The van der Waals surface area contributed by atoms with Crippen molar-refractivity contribution in [1.82, 2.24) is 9.97 Å². The second-order valence-corrected chi connectivity index (χ2v) is 5.29.